The van der Waals surface area contributed by atoms with Crippen molar-refractivity contribution in [2.24, 2.45) is 0 Å². The summed E-state index contributed by atoms with van der Waals surface area (Å²) in [4.78, 5) is 3.53. The van der Waals surface area contributed by atoms with Gasteiger partial charge in [-0.25, -0.2) is 0 Å². The van der Waals surface area contributed by atoms with Gasteiger partial charge in [0.15, 0.2) is 0 Å². The highest BCUT2D eigenvalue weighted by Gasteiger charge is 2.15. The Labute approximate surface area is 149 Å². The molecule has 2 heteroatoms. The van der Waals surface area contributed by atoms with E-state index in [2.05, 4.69) is 83.8 Å². The highest BCUT2D eigenvalue weighted by Crippen LogP contribution is 2.39. The van der Waals surface area contributed by atoms with Gasteiger partial charge in [-0.05, 0) is 41.5 Å². The fraction of sp³-hybridized carbons (Fsp3) is 0. The van der Waals surface area contributed by atoms with Crippen LogP contribution in [0.5, 0.6) is 0 Å². The fourth-order valence-electron chi connectivity index (χ4n) is 4.02. The Kier molecular flexibility index (Phi) is 2.64. The highest BCUT2D eigenvalue weighted by molar-refractivity contribution is 6.26. The molecule has 0 bridgehead atoms. The summed E-state index contributed by atoms with van der Waals surface area (Å²) in [5.41, 5.74) is 6.59. The average Bonchev–Trinajstić information content (AvgIpc) is 3.25. The molecule has 1 N–H and O–H groups in total. The Balaban J connectivity index is 1.79. The van der Waals surface area contributed by atoms with Gasteiger partial charge in [-0.2, -0.15) is 0 Å². The van der Waals surface area contributed by atoms with Crippen molar-refractivity contribution in [2.45, 2.75) is 0 Å². The quantitative estimate of drug-likeness (QED) is 0.349. The molecule has 0 aliphatic rings. The van der Waals surface area contributed by atoms with Crippen molar-refractivity contribution in [1.29, 1.82) is 0 Å². The predicted molar refractivity (Wildman–Crippen MR) is 109 cm³/mol. The molecule has 2 heterocycles. The number of hydrogen-bond acceptors (Lipinski definition) is 1. The van der Waals surface area contributed by atoms with E-state index >= 15 is 0 Å². The molecule has 0 amide bonds. The van der Waals surface area contributed by atoms with Crippen molar-refractivity contribution < 1.29 is 4.42 Å². The first kappa shape index (κ1) is 13.7. The van der Waals surface area contributed by atoms with E-state index in [4.69, 9.17) is 4.42 Å². The Hall–Kier alpha value is -3.52. The van der Waals surface area contributed by atoms with Crippen LogP contribution in [-0.2, 0) is 0 Å². The van der Waals surface area contributed by atoms with Crippen LogP contribution < -0.4 is 0 Å². The summed E-state index contributed by atoms with van der Waals surface area (Å²) in [6.45, 7) is 0. The second-order valence-electron chi connectivity index (χ2n) is 6.71. The molecular formula is C24H15NO. The fourth-order valence-corrected chi connectivity index (χ4v) is 4.02. The van der Waals surface area contributed by atoms with Gasteiger partial charge >= 0.3 is 0 Å². The maximum absolute atomic E-state index is 6.16. The summed E-state index contributed by atoms with van der Waals surface area (Å²) in [7, 11) is 0. The zero-order valence-electron chi connectivity index (χ0n) is 14.0. The highest BCUT2D eigenvalue weighted by atomic mass is 16.3. The molecular weight excluding hydrogens is 318 g/mol. The Morgan fingerprint density at radius 3 is 2.27 bits per heavy atom. The third-order valence-corrected chi connectivity index (χ3v) is 5.21. The molecule has 6 rings (SSSR count). The largest absolute Gasteiger partial charge is 0.456 e. The van der Waals surface area contributed by atoms with Gasteiger partial charge in [0, 0.05) is 32.6 Å². The van der Waals surface area contributed by atoms with E-state index in [1.165, 1.54) is 27.3 Å². The van der Waals surface area contributed by atoms with Crippen molar-refractivity contribution in [3.05, 3.63) is 84.9 Å². The van der Waals surface area contributed by atoms with E-state index in [0.29, 0.717) is 0 Å². The number of hydrogen-bond donors (Lipinski definition) is 1. The number of aromatic nitrogens is 1. The van der Waals surface area contributed by atoms with Crippen molar-refractivity contribution in [3.63, 3.8) is 0 Å². The molecule has 0 aliphatic heterocycles. The van der Waals surface area contributed by atoms with E-state index in [0.717, 1.165) is 27.6 Å². The van der Waals surface area contributed by atoms with Crippen molar-refractivity contribution in [2.75, 3.05) is 0 Å². The van der Waals surface area contributed by atoms with Crippen LogP contribution >= 0.6 is 0 Å². The molecule has 0 saturated heterocycles. The molecule has 4 aromatic carbocycles. The third-order valence-electron chi connectivity index (χ3n) is 5.21. The second-order valence-corrected chi connectivity index (χ2v) is 6.71. The summed E-state index contributed by atoms with van der Waals surface area (Å²) < 4.78 is 6.16. The molecule has 2 aromatic heterocycles. The number of H-pyrrole nitrogens is 1. The minimum absolute atomic E-state index is 0.928. The molecule has 0 unspecified atom stereocenters. The van der Waals surface area contributed by atoms with Crippen LogP contribution in [-0.4, -0.2) is 4.98 Å². The molecule has 0 spiro atoms. The van der Waals surface area contributed by atoms with E-state index < -0.39 is 0 Å². The van der Waals surface area contributed by atoms with E-state index in [9.17, 15) is 0 Å². The molecule has 6 aromatic rings. The van der Waals surface area contributed by atoms with Crippen molar-refractivity contribution in [3.8, 4) is 11.1 Å². The Morgan fingerprint density at radius 2 is 1.35 bits per heavy atom. The van der Waals surface area contributed by atoms with E-state index in [1.54, 1.807) is 0 Å². The van der Waals surface area contributed by atoms with Gasteiger partial charge in [0.25, 0.3) is 0 Å². The number of aromatic amines is 1. The zero-order valence-corrected chi connectivity index (χ0v) is 14.0. The molecule has 0 atom stereocenters. The lowest BCUT2D eigenvalue weighted by molar-refractivity contribution is 0.669. The molecule has 0 saturated carbocycles. The normalized spacial score (nSPS) is 11.8. The Morgan fingerprint density at radius 1 is 0.538 bits per heavy atom. The first-order chi connectivity index (χ1) is 12.9. The Bertz CT molecular complexity index is 1420. The van der Waals surface area contributed by atoms with Crippen LogP contribution in [0.4, 0.5) is 0 Å². The lowest BCUT2D eigenvalue weighted by atomic mass is 10.0. The van der Waals surface area contributed by atoms with E-state index in [-0.39, 0.29) is 0 Å². The van der Waals surface area contributed by atoms with Crippen molar-refractivity contribution in [1.82, 2.24) is 4.98 Å². The predicted octanol–water partition coefficient (Wildman–Crippen LogP) is 6.89. The second kappa shape index (κ2) is 4.99. The molecule has 0 fully saturated rings. The first-order valence-corrected chi connectivity index (χ1v) is 8.79. The van der Waals surface area contributed by atoms with Crippen LogP contribution in [0, 0.1) is 0 Å². The van der Waals surface area contributed by atoms with E-state index in [1.807, 2.05) is 6.07 Å². The standard InChI is InChI=1S/C24H15NO/c1-2-6-15(7-3-1)16-10-12-21-18(14-16)24-22(26-21)13-11-20-23(24)17-8-4-5-9-19(17)25-20/h1-14,25H. The maximum atomic E-state index is 6.16. The monoisotopic (exact) mass is 333 g/mol. The van der Waals surface area contributed by atoms with Gasteiger partial charge in [-0.3, -0.25) is 0 Å². The number of para-hydroxylation sites is 1. The van der Waals surface area contributed by atoms with Crippen LogP contribution in [0.1, 0.15) is 0 Å². The van der Waals surface area contributed by atoms with Crippen LogP contribution in [0.25, 0.3) is 54.9 Å². The third kappa shape index (κ3) is 1.81. The number of nitrogens with one attached hydrogen (secondary N) is 1. The lowest BCUT2D eigenvalue weighted by Gasteiger charge is -2.01. The SMILES string of the molecule is c1ccc(-c2ccc3oc4ccc5[nH]c6ccccc6c5c4c3c2)cc1. The minimum Gasteiger partial charge on any atom is -0.456 e. The summed E-state index contributed by atoms with van der Waals surface area (Å²) in [6, 6.07) is 29.6. The zero-order chi connectivity index (χ0) is 17.1. The maximum Gasteiger partial charge on any atom is 0.136 e. The molecule has 2 nitrogen and oxygen atoms in total. The summed E-state index contributed by atoms with van der Waals surface area (Å²) >= 11 is 0. The lowest BCUT2D eigenvalue weighted by Crippen LogP contribution is -1.77. The first-order valence-electron chi connectivity index (χ1n) is 8.79. The average molecular weight is 333 g/mol. The van der Waals surface area contributed by atoms with Crippen LogP contribution in [0.3, 0.4) is 0 Å². The molecule has 26 heavy (non-hydrogen) atoms. The minimum atomic E-state index is 0.928. The van der Waals surface area contributed by atoms with Gasteiger partial charge in [0.2, 0.25) is 0 Å². The molecule has 0 radical (unpaired) electrons. The van der Waals surface area contributed by atoms with Gasteiger partial charge in [-0.1, -0.05) is 54.6 Å². The smallest absolute Gasteiger partial charge is 0.136 e. The topological polar surface area (TPSA) is 28.9 Å². The summed E-state index contributed by atoms with van der Waals surface area (Å²) in [5.74, 6) is 0. The molecule has 122 valence electrons. The van der Waals surface area contributed by atoms with Crippen LogP contribution in [0.15, 0.2) is 89.3 Å². The van der Waals surface area contributed by atoms with Crippen LogP contribution in [0.2, 0.25) is 0 Å². The van der Waals surface area contributed by atoms with Gasteiger partial charge in [-0.15, -0.1) is 0 Å². The summed E-state index contributed by atoms with van der Waals surface area (Å²) in [6.07, 6.45) is 0. The van der Waals surface area contributed by atoms with Gasteiger partial charge in [0.1, 0.15) is 11.2 Å². The number of furan rings is 1. The van der Waals surface area contributed by atoms with Crippen molar-refractivity contribution >= 4 is 43.7 Å². The number of benzene rings is 4. The van der Waals surface area contributed by atoms with Gasteiger partial charge in [0.05, 0.1) is 0 Å². The molecule has 0 aliphatic carbocycles. The van der Waals surface area contributed by atoms with Gasteiger partial charge < -0.3 is 9.40 Å². The number of rotatable bonds is 1. The number of fused-ring (bicyclic) bond motifs is 7. The summed E-state index contributed by atoms with van der Waals surface area (Å²) in [5, 5.41) is 4.83.